The van der Waals surface area contributed by atoms with E-state index in [9.17, 15) is 9.90 Å². The Morgan fingerprint density at radius 3 is 2.59 bits per heavy atom. The van der Waals surface area contributed by atoms with E-state index in [2.05, 4.69) is 22.1 Å². The zero-order valence-corrected chi connectivity index (χ0v) is 19.9. The van der Waals surface area contributed by atoms with E-state index < -0.39 is 5.97 Å². The van der Waals surface area contributed by atoms with Gasteiger partial charge in [0.25, 0.3) is 0 Å². The Morgan fingerprint density at radius 2 is 1.97 bits per heavy atom. The third-order valence-corrected chi connectivity index (χ3v) is 7.35. The van der Waals surface area contributed by atoms with Crippen molar-refractivity contribution in [3.05, 3.63) is 58.4 Å². The zero-order chi connectivity index (χ0) is 24.0. The van der Waals surface area contributed by atoms with Crippen LogP contribution in [0.2, 0.25) is 0 Å². The molecule has 2 heterocycles. The van der Waals surface area contributed by atoms with Gasteiger partial charge < -0.3 is 21.6 Å². The first-order chi connectivity index (χ1) is 16.2. The molecule has 2 aromatic heterocycles. The number of benzene rings is 1. The van der Waals surface area contributed by atoms with E-state index in [1.54, 1.807) is 0 Å². The van der Waals surface area contributed by atoms with Gasteiger partial charge in [-0.1, -0.05) is 30.7 Å². The summed E-state index contributed by atoms with van der Waals surface area (Å²) in [5, 5.41) is 10.0. The summed E-state index contributed by atoms with van der Waals surface area (Å²) < 4.78 is 0. The van der Waals surface area contributed by atoms with Crippen LogP contribution in [0.25, 0.3) is 22.8 Å². The van der Waals surface area contributed by atoms with Gasteiger partial charge in [0.15, 0.2) is 5.82 Å². The number of aromatic nitrogens is 3. The molecule has 178 valence electrons. The molecule has 0 bridgehead atoms. The standard InChI is InChI=1S/C27H33N5O2/c1-27(2,29)13-12-15-6-8-17(9-7-15)25-30-14-18-10-11-19-20(26(33)34)24(21(28)16-4-3-5-16)31-23(19)22(18)32-25/h6-9,14,16,21,31H,3-5,10-13,28-29H2,1-2H3,(H,33,34). The quantitative estimate of drug-likeness (QED) is 0.414. The smallest absolute Gasteiger partial charge is 0.337 e. The molecule has 0 spiro atoms. The van der Waals surface area contributed by atoms with Crippen molar-refractivity contribution >= 4 is 5.97 Å². The lowest BCUT2D eigenvalue weighted by atomic mass is 9.78. The maximum Gasteiger partial charge on any atom is 0.337 e. The van der Waals surface area contributed by atoms with Crippen molar-refractivity contribution in [1.29, 1.82) is 0 Å². The maximum atomic E-state index is 12.2. The highest BCUT2D eigenvalue weighted by atomic mass is 16.4. The summed E-state index contributed by atoms with van der Waals surface area (Å²) in [6.45, 7) is 4.08. The molecule has 7 nitrogen and oxygen atoms in total. The van der Waals surface area contributed by atoms with Gasteiger partial charge in [0, 0.05) is 29.0 Å². The molecule has 6 N–H and O–H groups in total. The summed E-state index contributed by atoms with van der Waals surface area (Å²) in [5.74, 6) is 0.0480. The summed E-state index contributed by atoms with van der Waals surface area (Å²) in [6.07, 6.45) is 8.31. The fraction of sp³-hybridized carbons (Fsp3) is 0.444. The molecule has 0 aliphatic heterocycles. The number of nitrogens with zero attached hydrogens (tertiary/aromatic N) is 2. The van der Waals surface area contributed by atoms with Gasteiger partial charge in [0.1, 0.15) is 0 Å². The van der Waals surface area contributed by atoms with E-state index in [0.29, 0.717) is 35.8 Å². The molecule has 7 heteroatoms. The number of carboxylic acids is 1. The summed E-state index contributed by atoms with van der Waals surface area (Å²) in [6, 6.07) is 7.99. The molecule has 34 heavy (non-hydrogen) atoms. The fourth-order valence-corrected chi connectivity index (χ4v) is 5.03. The lowest BCUT2D eigenvalue weighted by Gasteiger charge is -2.31. The zero-order valence-electron chi connectivity index (χ0n) is 19.9. The van der Waals surface area contributed by atoms with Crippen LogP contribution in [0.4, 0.5) is 0 Å². The average Bonchev–Trinajstić information content (AvgIpc) is 3.16. The summed E-state index contributed by atoms with van der Waals surface area (Å²) in [5.41, 5.74) is 19.0. The number of hydrogen-bond acceptors (Lipinski definition) is 5. The number of fused-ring (bicyclic) bond motifs is 3. The summed E-state index contributed by atoms with van der Waals surface area (Å²) in [7, 11) is 0. The monoisotopic (exact) mass is 459 g/mol. The van der Waals surface area contributed by atoms with Crippen molar-refractivity contribution in [2.45, 2.75) is 70.4 Å². The van der Waals surface area contributed by atoms with Crippen LogP contribution in [-0.4, -0.2) is 31.6 Å². The van der Waals surface area contributed by atoms with Crippen molar-refractivity contribution in [3.63, 3.8) is 0 Å². The van der Waals surface area contributed by atoms with Gasteiger partial charge in [-0.2, -0.15) is 0 Å². The van der Waals surface area contributed by atoms with Crippen molar-refractivity contribution < 1.29 is 9.90 Å². The molecule has 0 amide bonds. The lowest BCUT2D eigenvalue weighted by Crippen LogP contribution is -2.32. The second-order valence-electron chi connectivity index (χ2n) is 10.5. The molecule has 5 rings (SSSR count). The molecular weight excluding hydrogens is 426 g/mol. The second-order valence-corrected chi connectivity index (χ2v) is 10.5. The van der Waals surface area contributed by atoms with Gasteiger partial charge in [-0.15, -0.1) is 0 Å². The lowest BCUT2D eigenvalue weighted by molar-refractivity contribution is 0.0693. The second kappa shape index (κ2) is 8.64. The molecule has 1 aromatic carbocycles. The summed E-state index contributed by atoms with van der Waals surface area (Å²) in [4.78, 5) is 25.1. The average molecular weight is 460 g/mol. The minimum Gasteiger partial charge on any atom is -0.478 e. The number of rotatable bonds is 7. The number of carbonyl (C=O) groups is 1. The normalized spacial score (nSPS) is 16.5. The Balaban J connectivity index is 1.49. The Hall–Kier alpha value is -3.03. The van der Waals surface area contributed by atoms with E-state index >= 15 is 0 Å². The van der Waals surface area contributed by atoms with Crippen LogP contribution >= 0.6 is 0 Å². The maximum absolute atomic E-state index is 12.2. The van der Waals surface area contributed by atoms with E-state index in [1.165, 1.54) is 5.56 Å². The number of nitrogens with two attached hydrogens (primary N) is 2. The molecular formula is C27H33N5O2. The first-order valence-electron chi connectivity index (χ1n) is 12.2. The predicted molar refractivity (Wildman–Crippen MR) is 132 cm³/mol. The van der Waals surface area contributed by atoms with E-state index in [0.717, 1.165) is 60.2 Å². The Kier molecular flexibility index (Phi) is 5.78. The number of hydrogen-bond donors (Lipinski definition) is 4. The summed E-state index contributed by atoms with van der Waals surface area (Å²) >= 11 is 0. The molecule has 0 radical (unpaired) electrons. The van der Waals surface area contributed by atoms with E-state index in [1.807, 2.05) is 32.2 Å². The number of H-pyrrole nitrogens is 1. The highest BCUT2D eigenvalue weighted by molar-refractivity contribution is 5.94. The molecule has 2 aliphatic carbocycles. The predicted octanol–water partition coefficient (Wildman–Crippen LogP) is 4.41. The number of aromatic carboxylic acids is 1. The largest absolute Gasteiger partial charge is 0.478 e. The molecule has 3 aromatic rings. The Bertz CT molecular complexity index is 1220. The molecule has 1 fully saturated rings. The topological polar surface area (TPSA) is 131 Å². The highest BCUT2D eigenvalue weighted by Crippen LogP contribution is 2.42. The molecule has 0 saturated heterocycles. The number of aromatic amines is 1. The van der Waals surface area contributed by atoms with Crippen LogP contribution in [0, 0.1) is 5.92 Å². The molecule has 1 saturated carbocycles. The van der Waals surface area contributed by atoms with Gasteiger partial charge in [-0.25, -0.2) is 14.8 Å². The van der Waals surface area contributed by atoms with Crippen molar-refractivity contribution in [3.8, 4) is 22.8 Å². The van der Waals surface area contributed by atoms with Gasteiger partial charge in [0.05, 0.1) is 17.0 Å². The van der Waals surface area contributed by atoms with Crippen LogP contribution in [0.3, 0.4) is 0 Å². The van der Waals surface area contributed by atoms with Gasteiger partial charge in [-0.05, 0) is 75.0 Å². The van der Waals surface area contributed by atoms with Crippen LogP contribution in [0.15, 0.2) is 30.5 Å². The Labute approximate surface area is 200 Å². The number of nitrogens with one attached hydrogen (secondary N) is 1. The third kappa shape index (κ3) is 4.26. The minimum atomic E-state index is -0.920. The number of aryl methyl sites for hydroxylation is 2. The van der Waals surface area contributed by atoms with Crippen LogP contribution in [-0.2, 0) is 19.3 Å². The van der Waals surface area contributed by atoms with Crippen molar-refractivity contribution in [2.75, 3.05) is 0 Å². The fourth-order valence-electron chi connectivity index (χ4n) is 5.03. The van der Waals surface area contributed by atoms with Crippen molar-refractivity contribution in [1.82, 2.24) is 15.0 Å². The van der Waals surface area contributed by atoms with Gasteiger partial charge in [-0.3, -0.25) is 0 Å². The van der Waals surface area contributed by atoms with E-state index in [-0.39, 0.29) is 11.6 Å². The Morgan fingerprint density at radius 1 is 1.24 bits per heavy atom. The van der Waals surface area contributed by atoms with Gasteiger partial charge >= 0.3 is 5.97 Å². The van der Waals surface area contributed by atoms with Crippen LogP contribution in [0.1, 0.15) is 78.3 Å². The van der Waals surface area contributed by atoms with Crippen LogP contribution < -0.4 is 11.5 Å². The number of carboxylic acid groups (broad SMARTS) is 1. The van der Waals surface area contributed by atoms with Crippen molar-refractivity contribution in [2.24, 2.45) is 17.4 Å². The SMILES string of the molecule is CC(C)(N)CCc1ccc(-c2ncc3c(n2)-c2[nH]c(C(N)C4CCC4)c(C(=O)O)c2CC3)cc1. The first-order valence-corrected chi connectivity index (χ1v) is 12.2. The third-order valence-electron chi connectivity index (χ3n) is 7.35. The van der Waals surface area contributed by atoms with Crippen LogP contribution in [0.5, 0.6) is 0 Å². The molecule has 2 aliphatic rings. The van der Waals surface area contributed by atoms with E-state index in [4.69, 9.17) is 16.5 Å². The highest BCUT2D eigenvalue weighted by Gasteiger charge is 2.35. The first kappa shape index (κ1) is 22.7. The van der Waals surface area contributed by atoms with Gasteiger partial charge in [0.2, 0.25) is 0 Å². The minimum absolute atomic E-state index is 0.192. The molecule has 1 atom stereocenters. The molecule has 1 unspecified atom stereocenters.